The van der Waals surface area contributed by atoms with Gasteiger partial charge in [-0.1, -0.05) is 0 Å². The van der Waals surface area contributed by atoms with Crippen molar-refractivity contribution in [2.45, 2.75) is 26.4 Å². The molecule has 0 aliphatic carbocycles. The van der Waals surface area contributed by atoms with Gasteiger partial charge in [0.15, 0.2) is 11.6 Å². The smallest absolute Gasteiger partial charge is 0.161 e. The summed E-state index contributed by atoms with van der Waals surface area (Å²) in [6.07, 6.45) is 0. The van der Waals surface area contributed by atoms with Crippen molar-refractivity contribution in [3.8, 4) is 0 Å². The summed E-state index contributed by atoms with van der Waals surface area (Å²) in [6.45, 7) is 5.81. The number of hydrogen-bond donors (Lipinski definition) is 1. The average molecular weight is 260 g/mol. The number of nitrogens with one attached hydrogen (secondary N) is 1. The molecule has 0 spiro atoms. The van der Waals surface area contributed by atoms with E-state index in [1.165, 1.54) is 0 Å². The van der Waals surface area contributed by atoms with Gasteiger partial charge in [-0.2, -0.15) is 0 Å². The Balaban J connectivity index is 2.42. The molecule has 0 aliphatic heterocycles. The summed E-state index contributed by atoms with van der Waals surface area (Å²) in [5.74, 6) is -2.90. The number of halogens is 3. The van der Waals surface area contributed by atoms with E-state index >= 15 is 0 Å². The van der Waals surface area contributed by atoms with Crippen LogP contribution in [0.15, 0.2) is 12.1 Å². The fraction of sp³-hybridized carbons (Fsp3) is 0.538. The van der Waals surface area contributed by atoms with Gasteiger partial charge in [-0.3, -0.25) is 0 Å². The molecule has 0 saturated carbocycles. The van der Waals surface area contributed by atoms with Crippen LogP contribution in [0.3, 0.4) is 0 Å². The lowest BCUT2D eigenvalue weighted by Crippen LogP contribution is -2.33. The van der Waals surface area contributed by atoms with Crippen LogP contribution in [0.25, 0.3) is 0 Å². The Kier molecular flexibility index (Phi) is 5.62. The van der Waals surface area contributed by atoms with Crippen LogP contribution in [0.5, 0.6) is 0 Å². The highest BCUT2D eigenvalue weighted by molar-refractivity contribution is 5.19. The molecular formula is C13H19F3N2. The van der Waals surface area contributed by atoms with E-state index in [1.54, 1.807) is 0 Å². The summed E-state index contributed by atoms with van der Waals surface area (Å²) in [7, 11) is 1.99. The molecule has 1 aromatic carbocycles. The third-order valence-corrected chi connectivity index (χ3v) is 2.93. The van der Waals surface area contributed by atoms with Crippen molar-refractivity contribution in [2.75, 3.05) is 20.1 Å². The first-order valence-electron chi connectivity index (χ1n) is 5.96. The molecule has 5 heteroatoms. The quantitative estimate of drug-likeness (QED) is 0.624. The molecule has 1 rings (SSSR count). The van der Waals surface area contributed by atoms with Crippen LogP contribution in [0.4, 0.5) is 13.2 Å². The Labute approximate surface area is 106 Å². The zero-order valence-electron chi connectivity index (χ0n) is 10.9. The molecule has 0 amide bonds. The minimum atomic E-state index is -1.16. The van der Waals surface area contributed by atoms with Gasteiger partial charge < -0.3 is 10.2 Å². The lowest BCUT2D eigenvalue weighted by Gasteiger charge is -2.21. The van der Waals surface area contributed by atoms with Crippen molar-refractivity contribution in [3.05, 3.63) is 35.1 Å². The van der Waals surface area contributed by atoms with Crippen LogP contribution < -0.4 is 5.32 Å². The molecular weight excluding hydrogens is 241 g/mol. The summed E-state index contributed by atoms with van der Waals surface area (Å²) in [4.78, 5) is 2.13. The van der Waals surface area contributed by atoms with Crippen molar-refractivity contribution < 1.29 is 13.2 Å². The summed E-state index contributed by atoms with van der Waals surface area (Å²) in [6, 6.07) is 1.91. The van der Waals surface area contributed by atoms with Gasteiger partial charge in [-0.25, -0.2) is 13.2 Å². The standard InChI is InChI=1S/C13H19F3N2/c1-9(2)18(3)5-4-17-8-10-6-12(15)13(16)7-11(10)14/h6-7,9,17H,4-5,8H2,1-3H3. The SMILES string of the molecule is CC(C)N(C)CCNCc1cc(F)c(F)cc1F. The Morgan fingerprint density at radius 1 is 1.11 bits per heavy atom. The molecule has 0 bridgehead atoms. The maximum absolute atomic E-state index is 13.3. The zero-order valence-corrected chi connectivity index (χ0v) is 10.9. The molecule has 0 aliphatic rings. The summed E-state index contributed by atoms with van der Waals surface area (Å²) in [5, 5.41) is 3.00. The highest BCUT2D eigenvalue weighted by atomic mass is 19.2. The van der Waals surface area contributed by atoms with Gasteiger partial charge >= 0.3 is 0 Å². The van der Waals surface area contributed by atoms with Crippen LogP contribution in [0.2, 0.25) is 0 Å². The van der Waals surface area contributed by atoms with E-state index in [4.69, 9.17) is 0 Å². The normalized spacial score (nSPS) is 11.6. The molecule has 1 aromatic rings. The molecule has 1 N–H and O–H groups in total. The van der Waals surface area contributed by atoms with E-state index in [9.17, 15) is 13.2 Å². The van der Waals surface area contributed by atoms with Crippen LogP contribution in [0.1, 0.15) is 19.4 Å². The van der Waals surface area contributed by atoms with Crippen LogP contribution in [0, 0.1) is 17.5 Å². The third kappa shape index (κ3) is 4.31. The first kappa shape index (κ1) is 15.0. The van der Waals surface area contributed by atoms with Crippen molar-refractivity contribution in [2.24, 2.45) is 0 Å². The maximum Gasteiger partial charge on any atom is 0.161 e. The van der Waals surface area contributed by atoms with Crippen LogP contribution in [-0.4, -0.2) is 31.1 Å². The Morgan fingerprint density at radius 3 is 2.33 bits per heavy atom. The molecule has 0 atom stereocenters. The minimum absolute atomic E-state index is 0.140. The van der Waals surface area contributed by atoms with Gasteiger partial charge in [0.1, 0.15) is 5.82 Å². The zero-order chi connectivity index (χ0) is 13.7. The molecule has 2 nitrogen and oxygen atoms in total. The number of benzene rings is 1. The van der Waals surface area contributed by atoms with E-state index in [0.717, 1.165) is 12.6 Å². The van der Waals surface area contributed by atoms with Crippen LogP contribution >= 0.6 is 0 Å². The molecule has 0 heterocycles. The van der Waals surface area contributed by atoms with Crippen molar-refractivity contribution >= 4 is 0 Å². The van der Waals surface area contributed by atoms with Gasteiger partial charge in [0, 0.05) is 37.3 Å². The third-order valence-electron chi connectivity index (χ3n) is 2.93. The van der Waals surface area contributed by atoms with Crippen molar-refractivity contribution in [3.63, 3.8) is 0 Å². The second kappa shape index (κ2) is 6.75. The summed E-state index contributed by atoms with van der Waals surface area (Å²) in [5.41, 5.74) is 0.140. The molecule has 102 valence electrons. The first-order valence-corrected chi connectivity index (χ1v) is 5.96. The van der Waals surface area contributed by atoms with Gasteiger partial charge in [-0.15, -0.1) is 0 Å². The molecule has 0 saturated heterocycles. The fourth-order valence-electron chi connectivity index (χ4n) is 1.44. The Bertz CT molecular complexity index is 394. The monoisotopic (exact) mass is 260 g/mol. The fourth-order valence-corrected chi connectivity index (χ4v) is 1.44. The van der Waals surface area contributed by atoms with Crippen molar-refractivity contribution in [1.29, 1.82) is 0 Å². The van der Waals surface area contributed by atoms with Crippen LogP contribution in [-0.2, 0) is 6.54 Å². The summed E-state index contributed by atoms with van der Waals surface area (Å²) < 4.78 is 38.9. The van der Waals surface area contributed by atoms with E-state index < -0.39 is 17.5 Å². The minimum Gasteiger partial charge on any atom is -0.311 e. The molecule has 0 radical (unpaired) electrons. The molecule has 18 heavy (non-hydrogen) atoms. The van der Waals surface area contributed by atoms with E-state index in [-0.39, 0.29) is 12.1 Å². The Hall–Kier alpha value is -1.07. The number of nitrogens with zero attached hydrogens (tertiary/aromatic N) is 1. The van der Waals surface area contributed by atoms with Crippen molar-refractivity contribution in [1.82, 2.24) is 10.2 Å². The first-order chi connectivity index (χ1) is 8.41. The highest BCUT2D eigenvalue weighted by Crippen LogP contribution is 2.13. The topological polar surface area (TPSA) is 15.3 Å². The van der Waals surface area contributed by atoms with Gasteiger partial charge in [0.25, 0.3) is 0 Å². The maximum atomic E-state index is 13.3. The Morgan fingerprint density at radius 2 is 1.72 bits per heavy atom. The molecule has 0 unspecified atom stereocenters. The predicted molar refractivity (Wildman–Crippen MR) is 65.8 cm³/mol. The average Bonchev–Trinajstić information content (AvgIpc) is 2.30. The summed E-state index contributed by atoms with van der Waals surface area (Å²) >= 11 is 0. The number of hydrogen-bond acceptors (Lipinski definition) is 2. The molecule has 0 aromatic heterocycles. The van der Waals surface area contributed by atoms with E-state index in [0.29, 0.717) is 18.7 Å². The van der Waals surface area contributed by atoms with E-state index in [1.807, 2.05) is 7.05 Å². The lowest BCUT2D eigenvalue weighted by molar-refractivity contribution is 0.273. The largest absolute Gasteiger partial charge is 0.311 e. The van der Waals surface area contributed by atoms with Gasteiger partial charge in [0.05, 0.1) is 0 Å². The number of rotatable bonds is 6. The van der Waals surface area contributed by atoms with E-state index in [2.05, 4.69) is 24.1 Å². The lowest BCUT2D eigenvalue weighted by atomic mass is 10.2. The van der Waals surface area contributed by atoms with Gasteiger partial charge in [-0.05, 0) is 27.0 Å². The number of likely N-dealkylation sites (N-methyl/N-ethyl adjacent to an activating group) is 1. The van der Waals surface area contributed by atoms with Gasteiger partial charge in [0.2, 0.25) is 0 Å². The second-order valence-electron chi connectivity index (χ2n) is 4.61. The predicted octanol–water partition coefficient (Wildman–Crippen LogP) is 2.53. The highest BCUT2D eigenvalue weighted by Gasteiger charge is 2.09. The molecule has 0 fully saturated rings. The second-order valence-corrected chi connectivity index (χ2v) is 4.61.